The fourth-order valence-electron chi connectivity index (χ4n) is 2.17. The van der Waals surface area contributed by atoms with Crippen LogP contribution in [0.5, 0.6) is 0 Å². The van der Waals surface area contributed by atoms with Gasteiger partial charge in [0.05, 0.1) is 19.3 Å². The molecule has 0 amide bonds. The van der Waals surface area contributed by atoms with Crippen LogP contribution < -0.4 is 5.73 Å². The molecule has 2 rings (SSSR count). The predicted octanol–water partition coefficient (Wildman–Crippen LogP) is 3.30. The number of hydrogen-bond acceptors (Lipinski definition) is 3. The van der Waals surface area contributed by atoms with Crippen LogP contribution in [0.25, 0.3) is 0 Å². The molecule has 2 aromatic carbocycles. The monoisotopic (exact) mass is 297 g/mol. The summed E-state index contributed by atoms with van der Waals surface area (Å²) in [5.74, 6) is 0. The fraction of sp³-hybridized carbons (Fsp3) is 0.263. The van der Waals surface area contributed by atoms with E-state index in [0.29, 0.717) is 19.8 Å². The van der Waals surface area contributed by atoms with Crippen LogP contribution in [0.4, 0.5) is 0 Å². The van der Waals surface area contributed by atoms with Crippen molar-refractivity contribution in [3.05, 3.63) is 84.4 Å². The topological polar surface area (TPSA) is 44.5 Å². The summed E-state index contributed by atoms with van der Waals surface area (Å²) in [6, 6.07) is 20.1. The fourth-order valence-corrected chi connectivity index (χ4v) is 2.17. The maximum atomic E-state index is 5.90. The van der Waals surface area contributed by atoms with E-state index in [9.17, 15) is 0 Å². The molecule has 2 atom stereocenters. The van der Waals surface area contributed by atoms with Gasteiger partial charge in [0.25, 0.3) is 0 Å². The van der Waals surface area contributed by atoms with E-state index < -0.39 is 0 Å². The highest BCUT2D eigenvalue weighted by Gasteiger charge is 2.19. The average Bonchev–Trinajstić information content (AvgIpc) is 2.59. The predicted molar refractivity (Wildman–Crippen MR) is 89.3 cm³/mol. The zero-order valence-corrected chi connectivity index (χ0v) is 12.7. The SMILES string of the molecule is C=C[C@H](OCc1ccccc1)[C@@H](CN)OCc1ccccc1. The maximum absolute atomic E-state index is 5.90. The number of ether oxygens (including phenoxy) is 2. The third-order valence-corrected chi connectivity index (χ3v) is 3.42. The molecule has 0 spiro atoms. The third kappa shape index (κ3) is 5.11. The molecule has 116 valence electrons. The Morgan fingerprint density at radius 3 is 1.82 bits per heavy atom. The molecule has 0 aliphatic carbocycles. The highest BCUT2D eigenvalue weighted by atomic mass is 16.5. The van der Waals surface area contributed by atoms with Crippen molar-refractivity contribution in [1.29, 1.82) is 0 Å². The van der Waals surface area contributed by atoms with Gasteiger partial charge in [0.15, 0.2) is 0 Å². The van der Waals surface area contributed by atoms with E-state index in [1.807, 2.05) is 60.7 Å². The second kappa shape index (κ2) is 9.15. The molecule has 0 heterocycles. The minimum atomic E-state index is -0.228. The van der Waals surface area contributed by atoms with Crippen molar-refractivity contribution in [3.63, 3.8) is 0 Å². The van der Waals surface area contributed by atoms with Gasteiger partial charge < -0.3 is 15.2 Å². The molecule has 0 unspecified atom stereocenters. The quantitative estimate of drug-likeness (QED) is 0.722. The lowest BCUT2D eigenvalue weighted by atomic mass is 10.2. The Morgan fingerprint density at radius 1 is 0.864 bits per heavy atom. The first-order valence-electron chi connectivity index (χ1n) is 7.47. The minimum Gasteiger partial charge on any atom is -0.369 e. The standard InChI is InChI=1S/C19H23NO2/c1-2-18(21-14-16-9-5-3-6-10-16)19(13-20)22-15-17-11-7-4-8-12-17/h2-12,18-19H,1,13-15,20H2/t18-,19+/m0/s1. The van der Waals surface area contributed by atoms with Gasteiger partial charge in [-0.1, -0.05) is 66.7 Å². The number of rotatable bonds is 9. The van der Waals surface area contributed by atoms with Gasteiger partial charge in [-0.15, -0.1) is 6.58 Å². The van der Waals surface area contributed by atoms with Crippen molar-refractivity contribution >= 4 is 0 Å². The maximum Gasteiger partial charge on any atom is 0.103 e. The molecule has 0 aliphatic heterocycles. The molecule has 0 radical (unpaired) electrons. The molecule has 2 N–H and O–H groups in total. The summed E-state index contributed by atoms with van der Waals surface area (Å²) in [5.41, 5.74) is 8.07. The Labute approximate surface area is 132 Å². The molecule has 0 aromatic heterocycles. The molecular weight excluding hydrogens is 274 g/mol. The van der Waals surface area contributed by atoms with Crippen LogP contribution in [0.2, 0.25) is 0 Å². The van der Waals surface area contributed by atoms with E-state index in [1.54, 1.807) is 6.08 Å². The summed E-state index contributed by atoms with van der Waals surface area (Å²) in [5, 5.41) is 0. The van der Waals surface area contributed by atoms with Crippen LogP contribution in [0.1, 0.15) is 11.1 Å². The highest BCUT2D eigenvalue weighted by Crippen LogP contribution is 2.12. The summed E-state index contributed by atoms with van der Waals surface area (Å²) in [6.45, 7) is 5.26. The lowest BCUT2D eigenvalue weighted by Crippen LogP contribution is -2.36. The molecule has 0 fully saturated rings. The van der Waals surface area contributed by atoms with Gasteiger partial charge in [-0.2, -0.15) is 0 Å². The lowest BCUT2D eigenvalue weighted by Gasteiger charge is -2.24. The Bertz CT molecular complexity index is 542. The molecule has 0 saturated carbocycles. The van der Waals surface area contributed by atoms with Gasteiger partial charge in [0.1, 0.15) is 6.10 Å². The first-order chi connectivity index (χ1) is 10.8. The highest BCUT2D eigenvalue weighted by molar-refractivity contribution is 5.14. The van der Waals surface area contributed by atoms with Crippen LogP contribution in [0.15, 0.2) is 73.3 Å². The van der Waals surface area contributed by atoms with Crippen molar-refractivity contribution in [1.82, 2.24) is 0 Å². The molecule has 0 saturated heterocycles. The average molecular weight is 297 g/mol. The molecule has 0 bridgehead atoms. The van der Waals surface area contributed by atoms with E-state index in [0.717, 1.165) is 11.1 Å². The van der Waals surface area contributed by atoms with E-state index in [4.69, 9.17) is 15.2 Å². The van der Waals surface area contributed by atoms with Gasteiger partial charge in [-0.25, -0.2) is 0 Å². The van der Waals surface area contributed by atoms with Crippen molar-refractivity contribution in [2.24, 2.45) is 5.73 Å². The minimum absolute atomic E-state index is 0.207. The number of hydrogen-bond donors (Lipinski definition) is 1. The van der Waals surface area contributed by atoms with Gasteiger partial charge in [-0.05, 0) is 11.1 Å². The summed E-state index contributed by atoms with van der Waals surface area (Å²) >= 11 is 0. The van der Waals surface area contributed by atoms with Gasteiger partial charge in [-0.3, -0.25) is 0 Å². The van der Waals surface area contributed by atoms with E-state index >= 15 is 0 Å². The zero-order chi connectivity index (χ0) is 15.6. The van der Waals surface area contributed by atoms with Crippen LogP contribution in [-0.2, 0) is 22.7 Å². The molecule has 0 aliphatic rings. The van der Waals surface area contributed by atoms with Crippen molar-refractivity contribution in [3.8, 4) is 0 Å². The second-order valence-corrected chi connectivity index (χ2v) is 5.07. The molecule has 3 heteroatoms. The Kier molecular flexibility index (Phi) is 6.84. The number of nitrogens with two attached hydrogens (primary N) is 1. The molecular formula is C19H23NO2. The van der Waals surface area contributed by atoms with Crippen LogP contribution >= 0.6 is 0 Å². The van der Waals surface area contributed by atoms with Crippen molar-refractivity contribution < 1.29 is 9.47 Å². The van der Waals surface area contributed by atoms with E-state index in [2.05, 4.69) is 6.58 Å². The van der Waals surface area contributed by atoms with Gasteiger partial charge >= 0.3 is 0 Å². The smallest absolute Gasteiger partial charge is 0.103 e. The first kappa shape index (κ1) is 16.4. The summed E-state index contributed by atoms with van der Waals surface area (Å²) in [7, 11) is 0. The van der Waals surface area contributed by atoms with Gasteiger partial charge in [0.2, 0.25) is 0 Å². The van der Waals surface area contributed by atoms with Crippen LogP contribution in [-0.4, -0.2) is 18.8 Å². The third-order valence-electron chi connectivity index (χ3n) is 3.42. The van der Waals surface area contributed by atoms with Gasteiger partial charge in [0, 0.05) is 6.54 Å². The normalized spacial score (nSPS) is 13.5. The van der Waals surface area contributed by atoms with Crippen LogP contribution in [0.3, 0.4) is 0 Å². The number of benzene rings is 2. The second-order valence-electron chi connectivity index (χ2n) is 5.07. The zero-order valence-electron chi connectivity index (χ0n) is 12.7. The summed E-state index contributed by atoms with van der Waals surface area (Å²) < 4.78 is 11.8. The van der Waals surface area contributed by atoms with Crippen molar-refractivity contribution in [2.75, 3.05) is 6.54 Å². The molecule has 2 aromatic rings. The molecule has 22 heavy (non-hydrogen) atoms. The van der Waals surface area contributed by atoms with E-state index in [1.165, 1.54) is 0 Å². The van der Waals surface area contributed by atoms with Crippen LogP contribution in [0, 0.1) is 0 Å². The molecule has 3 nitrogen and oxygen atoms in total. The largest absolute Gasteiger partial charge is 0.369 e. The Morgan fingerprint density at radius 2 is 1.36 bits per heavy atom. The summed E-state index contributed by atoms with van der Waals surface area (Å²) in [6.07, 6.45) is 1.32. The Hall–Kier alpha value is -1.94. The summed E-state index contributed by atoms with van der Waals surface area (Å²) in [4.78, 5) is 0. The van der Waals surface area contributed by atoms with E-state index in [-0.39, 0.29) is 12.2 Å². The lowest BCUT2D eigenvalue weighted by molar-refractivity contribution is -0.0597. The van der Waals surface area contributed by atoms with Crippen molar-refractivity contribution in [2.45, 2.75) is 25.4 Å². The first-order valence-corrected chi connectivity index (χ1v) is 7.47. The Balaban J connectivity index is 1.87.